The summed E-state index contributed by atoms with van der Waals surface area (Å²) in [6.07, 6.45) is 4.31. The van der Waals surface area contributed by atoms with Gasteiger partial charge in [-0.1, -0.05) is 56.1 Å². The van der Waals surface area contributed by atoms with Gasteiger partial charge in [0.15, 0.2) is 0 Å². The molecule has 1 N–H and O–H groups in total. The molecule has 1 aliphatic carbocycles. The third-order valence-corrected chi connectivity index (χ3v) is 6.55. The van der Waals surface area contributed by atoms with Crippen LogP contribution in [0, 0.1) is 12.3 Å². The number of nitrogens with one attached hydrogen (secondary N) is 1. The van der Waals surface area contributed by atoms with Crippen LogP contribution in [0.15, 0.2) is 36.7 Å². The van der Waals surface area contributed by atoms with Gasteiger partial charge in [-0.15, -0.1) is 0 Å². The number of halogens is 2. The van der Waals surface area contributed by atoms with Crippen LogP contribution >= 0.6 is 31.9 Å². The van der Waals surface area contributed by atoms with E-state index in [0.717, 1.165) is 12.1 Å². The highest BCUT2D eigenvalue weighted by atomic mass is 79.9. The zero-order chi connectivity index (χ0) is 16.0. The molecule has 6 heteroatoms. The molecule has 1 fully saturated rings. The Kier molecular flexibility index (Phi) is 3.93. The number of carbonyl (C=O) groups is 1. The molecule has 2 aromatic rings. The molecule has 1 amide bonds. The van der Waals surface area contributed by atoms with Gasteiger partial charge in [0.2, 0.25) is 5.91 Å². The van der Waals surface area contributed by atoms with E-state index < -0.39 is 5.41 Å². The fraction of sp³-hybridized carbons (Fsp3) is 0.375. The van der Waals surface area contributed by atoms with E-state index in [1.165, 1.54) is 11.1 Å². The van der Waals surface area contributed by atoms with Crippen molar-refractivity contribution < 1.29 is 4.79 Å². The summed E-state index contributed by atoms with van der Waals surface area (Å²) in [5.74, 6) is -0.00306. The first-order chi connectivity index (χ1) is 10.3. The number of alkyl halides is 2. The van der Waals surface area contributed by atoms with Crippen molar-refractivity contribution in [1.29, 1.82) is 0 Å². The van der Waals surface area contributed by atoms with Crippen LogP contribution in [0.25, 0.3) is 0 Å². The van der Waals surface area contributed by atoms with Gasteiger partial charge >= 0.3 is 0 Å². The number of rotatable bonds is 4. The molecule has 3 rings (SSSR count). The molecule has 116 valence electrons. The lowest BCUT2D eigenvalue weighted by molar-refractivity contribution is -0.120. The Morgan fingerprint density at radius 2 is 2.09 bits per heavy atom. The molecular weight excluding hydrogens is 410 g/mol. The highest BCUT2D eigenvalue weighted by Crippen LogP contribution is 2.66. The minimum atomic E-state index is -0.425. The maximum Gasteiger partial charge on any atom is 0.232 e. The third kappa shape index (κ3) is 2.86. The summed E-state index contributed by atoms with van der Waals surface area (Å²) in [6.45, 7) is 4.71. The Hall–Kier alpha value is -1.14. The molecule has 1 saturated carbocycles. The van der Waals surface area contributed by atoms with E-state index in [9.17, 15) is 4.79 Å². The second-order valence-corrected chi connectivity index (χ2v) is 9.79. The van der Waals surface area contributed by atoms with Gasteiger partial charge < -0.3 is 5.32 Å². The molecule has 1 aromatic heterocycles. The third-order valence-electron chi connectivity index (χ3n) is 4.24. The van der Waals surface area contributed by atoms with Crippen molar-refractivity contribution in [2.24, 2.45) is 5.41 Å². The molecule has 1 atom stereocenters. The summed E-state index contributed by atoms with van der Waals surface area (Å²) < 4.78 is 1.55. The van der Waals surface area contributed by atoms with Crippen molar-refractivity contribution in [3.63, 3.8) is 0 Å². The Bertz CT molecular complexity index is 726. The van der Waals surface area contributed by atoms with Crippen LogP contribution in [-0.2, 0) is 11.3 Å². The number of amides is 1. The zero-order valence-electron chi connectivity index (χ0n) is 12.4. The molecule has 1 aromatic carbocycles. The lowest BCUT2D eigenvalue weighted by atomic mass is 10.1. The normalized spacial score (nSPS) is 22.4. The fourth-order valence-electron chi connectivity index (χ4n) is 2.39. The van der Waals surface area contributed by atoms with Crippen LogP contribution in [-0.4, -0.2) is 18.9 Å². The van der Waals surface area contributed by atoms with Crippen LogP contribution in [0.2, 0.25) is 0 Å². The monoisotopic (exact) mass is 425 g/mol. The molecular formula is C16H17Br2N3O. The summed E-state index contributed by atoms with van der Waals surface area (Å²) in [5.41, 5.74) is 2.75. The van der Waals surface area contributed by atoms with Gasteiger partial charge in [-0.2, -0.15) is 5.10 Å². The van der Waals surface area contributed by atoms with Gasteiger partial charge in [-0.25, -0.2) is 0 Å². The predicted molar refractivity (Wildman–Crippen MR) is 94.4 cm³/mol. The first-order valence-electron chi connectivity index (χ1n) is 7.08. The Morgan fingerprint density at radius 3 is 2.73 bits per heavy atom. The topological polar surface area (TPSA) is 46.9 Å². The molecule has 0 bridgehead atoms. The first-order valence-corrected chi connectivity index (χ1v) is 8.67. The van der Waals surface area contributed by atoms with Gasteiger partial charge in [0.25, 0.3) is 0 Å². The van der Waals surface area contributed by atoms with E-state index in [-0.39, 0.29) is 9.14 Å². The van der Waals surface area contributed by atoms with E-state index in [1.54, 1.807) is 6.20 Å². The maximum atomic E-state index is 12.3. The van der Waals surface area contributed by atoms with Crippen molar-refractivity contribution in [3.05, 3.63) is 47.8 Å². The van der Waals surface area contributed by atoms with Crippen LogP contribution < -0.4 is 5.32 Å². The molecule has 0 saturated heterocycles. The van der Waals surface area contributed by atoms with Crippen LogP contribution in [0.4, 0.5) is 5.69 Å². The highest BCUT2D eigenvalue weighted by Gasteiger charge is 2.66. The average Bonchev–Trinajstić information content (AvgIpc) is 2.80. The van der Waals surface area contributed by atoms with Gasteiger partial charge in [-0.05, 0) is 31.4 Å². The van der Waals surface area contributed by atoms with Crippen LogP contribution in [0.5, 0.6) is 0 Å². The quantitative estimate of drug-likeness (QED) is 0.749. The Morgan fingerprint density at radius 1 is 1.41 bits per heavy atom. The number of hydrogen-bond donors (Lipinski definition) is 1. The van der Waals surface area contributed by atoms with Crippen molar-refractivity contribution in [3.8, 4) is 0 Å². The van der Waals surface area contributed by atoms with Crippen LogP contribution in [0.3, 0.4) is 0 Å². The van der Waals surface area contributed by atoms with Gasteiger partial charge in [-0.3, -0.25) is 9.48 Å². The Balaban J connectivity index is 1.67. The number of aromatic nitrogens is 2. The number of anilines is 1. The molecule has 4 nitrogen and oxygen atoms in total. The van der Waals surface area contributed by atoms with E-state index >= 15 is 0 Å². The second kappa shape index (κ2) is 5.49. The summed E-state index contributed by atoms with van der Waals surface area (Å²) in [5, 5.41) is 7.26. The van der Waals surface area contributed by atoms with E-state index in [2.05, 4.69) is 61.3 Å². The largest absolute Gasteiger partial charge is 0.323 e. The number of carbonyl (C=O) groups excluding carboxylic acids is 1. The lowest BCUT2D eigenvalue weighted by Crippen LogP contribution is -2.25. The number of hydrogen-bond acceptors (Lipinski definition) is 2. The number of aryl methyl sites for hydroxylation is 1. The lowest BCUT2D eigenvalue weighted by Gasteiger charge is -2.11. The minimum absolute atomic E-state index is 0.00306. The first kappa shape index (κ1) is 15.7. The molecule has 0 radical (unpaired) electrons. The van der Waals surface area contributed by atoms with Crippen molar-refractivity contribution in [1.82, 2.24) is 9.78 Å². The molecule has 0 spiro atoms. The number of nitrogens with zero attached hydrogens (tertiary/aromatic N) is 2. The molecule has 0 aliphatic heterocycles. The van der Waals surface area contributed by atoms with Crippen molar-refractivity contribution in [2.45, 2.75) is 30.0 Å². The minimum Gasteiger partial charge on any atom is -0.323 e. The molecule has 1 heterocycles. The van der Waals surface area contributed by atoms with Crippen LogP contribution in [0.1, 0.15) is 24.5 Å². The molecule has 0 unspecified atom stereocenters. The van der Waals surface area contributed by atoms with E-state index in [4.69, 9.17) is 0 Å². The van der Waals surface area contributed by atoms with Gasteiger partial charge in [0.1, 0.15) is 0 Å². The Labute approximate surface area is 146 Å². The summed E-state index contributed by atoms with van der Waals surface area (Å²) >= 11 is 7.03. The second-order valence-electron chi connectivity index (χ2n) is 6.02. The van der Waals surface area contributed by atoms with E-state index in [1.807, 2.05) is 29.9 Å². The van der Waals surface area contributed by atoms with Crippen molar-refractivity contribution in [2.75, 3.05) is 5.32 Å². The van der Waals surface area contributed by atoms with Gasteiger partial charge in [0, 0.05) is 6.20 Å². The zero-order valence-corrected chi connectivity index (χ0v) is 15.6. The smallest absolute Gasteiger partial charge is 0.232 e. The standard InChI is InChI=1S/C16H17Br2N3O/c1-11-5-3-4-6-12(11)8-21-9-13(7-19-21)20-14(22)15(2)10-16(15,17)18/h3-7,9H,8,10H2,1-2H3,(H,20,22)/t15-/m0/s1. The summed E-state index contributed by atoms with van der Waals surface area (Å²) in [4.78, 5) is 12.3. The summed E-state index contributed by atoms with van der Waals surface area (Å²) in [6, 6.07) is 8.22. The SMILES string of the molecule is Cc1ccccc1Cn1cc(NC(=O)[C@]2(C)CC2(Br)Br)cn1. The maximum absolute atomic E-state index is 12.3. The van der Waals surface area contributed by atoms with E-state index in [0.29, 0.717) is 6.54 Å². The average molecular weight is 427 g/mol. The summed E-state index contributed by atoms with van der Waals surface area (Å²) in [7, 11) is 0. The van der Waals surface area contributed by atoms with Gasteiger partial charge in [0.05, 0.1) is 27.1 Å². The fourth-order valence-corrected chi connectivity index (χ4v) is 3.87. The highest BCUT2D eigenvalue weighted by molar-refractivity contribution is 9.25. The molecule has 1 aliphatic rings. The van der Waals surface area contributed by atoms with Crippen molar-refractivity contribution >= 4 is 43.5 Å². The number of benzene rings is 1. The predicted octanol–water partition coefficient (Wildman–Crippen LogP) is 4.07. The molecule has 22 heavy (non-hydrogen) atoms.